The molecule has 0 bridgehead atoms. The fourth-order valence-electron chi connectivity index (χ4n) is 1.42. The Balaban J connectivity index is 4.37. The Bertz CT molecular complexity index is 345. The summed E-state index contributed by atoms with van der Waals surface area (Å²) in [5.41, 5.74) is 6.25. The van der Waals surface area contributed by atoms with Crippen molar-refractivity contribution in [1.82, 2.24) is 0 Å². The molecule has 0 aliphatic carbocycles. The van der Waals surface area contributed by atoms with Crippen LogP contribution in [0, 0.1) is 5.92 Å². The molecule has 0 amide bonds. The lowest BCUT2D eigenvalue weighted by Crippen LogP contribution is -2.06. The second kappa shape index (κ2) is 10.4. The van der Waals surface area contributed by atoms with Gasteiger partial charge < -0.3 is 15.6 Å². The highest BCUT2D eigenvalue weighted by atomic mass is 16.5. The maximum absolute atomic E-state index is 11.2. The molecule has 0 aromatic carbocycles. The van der Waals surface area contributed by atoms with E-state index in [-0.39, 0.29) is 11.7 Å². The summed E-state index contributed by atoms with van der Waals surface area (Å²) in [5.74, 6) is 0.726. The molecule has 0 heterocycles. The van der Waals surface area contributed by atoms with Crippen LogP contribution >= 0.6 is 0 Å². The molecule has 108 valence electrons. The molecule has 0 saturated heterocycles. The standard InChI is InChI=1S/C15H25NO3/c1-12(14(3)18)5-6-15(7-9-17)11-13(2)19-10-4-8-16/h7,9,11-12,17H,2,4-6,8,10,16H2,1,3H3/b9-7-,15-11-. The minimum absolute atomic E-state index is 0.0157. The van der Waals surface area contributed by atoms with Crippen molar-refractivity contribution >= 4 is 5.78 Å². The van der Waals surface area contributed by atoms with Gasteiger partial charge in [-0.3, -0.25) is 4.79 Å². The van der Waals surface area contributed by atoms with Crippen LogP contribution < -0.4 is 5.73 Å². The van der Waals surface area contributed by atoms with Crippen molar-refractivity contribution in [3.63, 3.8) is 0 Å². The van der Waals surface area contributed by atoms with Gasteiger partial charge in [0.15, 0.2) is 0 Å². The van der Waals surface area contributed by atoms with Gasteiger partial charge in [0.1, 0.15) is 11.5 Å². The number of rotatable bonds is 10. The van der Waals surface area contributed by atoms with Crippen LogP contribution in [0.5, 0.6) is 0 Å². The zero-order chi connectivity index (χ0) is 14.7. The molecule has 0 aromatic heterocycles. The highest BCUT2D eigenvalue weighted by molar-refractivity contribution is 5.77. The van der Waals surface area contributed by atoms with Crippen molar-refractivity contribution in [2.75, 3.05) is 13.2 Å². The molecule has 0 radical (unpaired) electrons. The lowest BCUT2D eigenvalue weighted by Gasteiger charge is -2.09. The van der Waals surface area contributed by atoms with Crippen LogP contribution in [0.1, 0.15) is 33.1 Å². The summed E-state index contributed by atoms with van der Waals surface area (Å²) < 4.78 is 5.38. The average Bonchev–Trinajstić information content (AvgIpc) is 2.36. The van der Waals surface area contributed by atoms with Crippen molar-refractivity contribution in [3.8, 4) is 0 Å². The van der Waals surface area contributed by atoms with E-state index in [0.29, 0.717) is 25.3 Å². The van der Waals surface area contributed by atoms with Crippen molar-refractivity contribution in [3.05, 3.63) is 36.3 Å². The first-order chi connectivity index (χ1) is 9.01. The molecule has 0 aliphatic heterocycles. The summed E-state index contributed by atoms with van der Waals surface area (Å²) in [6.45, 7) is 8.39. The van der Waals surface area contributed by atoms with Gasteiger partial charge in [-0.2, -0.15) is 0 Å². The fourth-order valence-corrected chi connectivity index (χ4v) is 1.42. The average molecular weight is 267 g/mol. The van der Waals surface area contributed by atoms with E-state index in [4.69, 9.17) is 15.6 Å². The van der Waals surface area contributed by atoms with Gasteiger partial charge in [-0.1, -0.05) is 13.5 Å². The van der Waals surface area contributed by atoms with Crippen LogP contribution in [0.2, 0.25) is 0 Å². The molecule has 0 aliphatic rings. The highest BCUT2D eigenvalue weighted by Crippen LogP contribution is 2.16. The smallest absolute Gasteiger partial charge is 0.132 e. The van der Waals surface area contributed by atoms with Crippen LogP contribution in [0.3, 0.4) is 0 Å². The first kappa shape index (κ1) is 17.4. The summed E-state index contributed by atoms with van der Waals surface area (Å²) in [5, 5.41) is 8.86. The van der Waals surface area contributed by atoms with E-state index < -0.39 is 0 Å². The second-order valence-corrected chi connectivity index (χ2v) is 4.54. The van der Waals surface area contributed by atoms with Gasteiger partial charge in [0.2, 0.25) is 0 Å². The number of ketones is 1. The van der Waals surface area contributed by atoms with Crippen LogP contribution in [-0.4, -0.2) is 24.0 Å². The van der Waals surface area contributed by atoms with Gasteiger partial charge in [0, 0.05) is 5.92 Å². The molecule has 1 unspecified atom stereocenters. The van der Waals surface area contributed by atoms with E-state index in [1.807, 2.05) is 6.92 Å². The van der Waals surface area contributed by atoms with E-state index in [9.17, 15) is 4.79 Å². The number of nitrogens with two attached hydrogens (primary N) is 1. The maximum Gasteiger partial charge on any atom is 0.132 e. The Kier molecular flexibility index (Phi) is 9.53. The summed E-state index contributed by atoms with van der Waals surface area (Å²) in [6, 6.07) is 0. The van der Waals surface area contributed by atoms with Crippen molar-refractivity contribution in [1.29, 1.82) is 0 Å². The zero-order valence-electron chi connectivity index (χ0n) is 11.9. The Morgan fingerprint density at radius 2 is 2.21 bits per heavy atom. The predicted octanol–water partition coefficient (Wildman–Crippen LogP) is 2.87. The molecule has 1 atom stereocenters. The molecule has 3 N–H and O–H groups in total. The van der Waals surface area contributed by atoms with Gasteiger partial charge in [-0.15, -0.1) is 0 Å². The van der Waals surface area contributed by atoms with Gasteiger partial charge in [-0.25, -0.2) is 0 Å². The predicted molar refractivity (Wildman–Crippen MR) is 77.7 cm³/mol. The number of ether oxygens (including phenoxy) is 1. The summed E-state index contributed by atoms with van der Waals surface area (Å²) in [4.78, 5) is 11.2. The van der Waals surface area contributed by atoms with E-state index in [2.05, 4.69) is 6.58 Å². The molecule has 0 spiro atoms. The molecule has 4 nitrogen and oxygen atoms in total. The number of aliphatic hydroxyl groups excluding tert-OH is 1. The molecule has 0 rings (SSSR count). The Morgan fingerprint density at radius 1 is 1.53 bits per heavy atom. The van der Waals surface area contributed by atoms with Crippen molar-refractivity contribution in [2.45, 2.75) is 33.1 Å². The number of Topliss-reactive ketones (excluding diaryl/α,β-unsaturated/α-hetero) is 1. The molecule has 0 saturated carbocycles. The first-order valence-electron chi connectivity index (χ1n) is 6.54. The van der Waals surface area contributed by atoms with Gasteiger partial charge in [0.25, 0.3) is 0 Å². The highest BCUT2D eigenvalue weighted by Gasteiger charge is 2.08. The topological polar surface area (TPSA) is 72.5 Å². The van der Waals surface area contributed by atoms with Crippen LogP contribution in [-0.2, 0) is 9.53 Å². The summed E-state index contributed by atoms with van der Waals surface area (Å²) in [7, 11) is 0. The monoisotopic (exact) mass is 267 g/mol. The third-order valence-electron chi connectivity index (χ3n) is 2.83. The van der Waals surface area contributed by atoms with E-state index in [0.717, 1.165) is 24.7 Å². The number of hydrogen-bond acceptors (Lipinski definition) is 4. The van der Waals surface area contributed by atoms with Crippen LogP contribution in [0.4, 0.5) is 0 Å². The van der Waals surface area contributed by atoms with Crippen molar-refractivity contribution in [2.24, 2.45) is 11.7 Å². The van der Waals surface area contributed by atoms with E-state index in [1.165, 1.54) is 0 Å². The SMILES string of the molecule is C=C(/C=C(\C=C/O)CCC(C)C(C)=O)OCCCN. The van der Waals surface area contributed by atoms with E-state index in [1.54, 1.807) is 19.1 Å². The minimum atomic E-state index is 0.0157. The molecular formula is C15H25NO3. The summed E-state index contributed by atoms with van der Waals surface area (Å²) in [6.07, 6.45) is 6.55. The number of aliphatic hydroxyl groups is 1. The molecule has 4 heteroatoms. The largest absolute Gasteiger partial charge is 0.516 e. The normalized spacial score (nSPS) is 13.5. The Labute approximate surface area is 115 Å². The maximum atomic E-state index is 11.2. The van der Waals surface area contributed by atoms with Gasteiger partial charge >= 0.3 is 0 Å². The van der Waals surface area contributed by atoms with Crippen molar-refractivity contribution < 1.29 is 14.6 Å². The zero-order valence-corrected chi connectivity index (χ0v) is 11.9. The number of allylic oxidation sites excluding steroid dienone is 3. The Hall–Kier alpha value is -1.55. The van der Waals surface area contributed by atoms with E-state index >= 15 is 0 Å². The molecule has 19 heavy (non-hydrogen) atoms. The molecule has 0 aromatic rings. The number of carbonyl (C=O) groups excluding carboxylic acids is 1. The lowest BCUT2D eigenvalue weighted by atomic mass is 9.98. The van der Waals surface area contributed by atoms with Crippen LogP contribution in [0.15, 0.2) is 36.3 Å². The van der Waals surface area contributed by atoms with Gasteiger partial charge in [-0.05, 0) is 50.5 Å². The second-order valence-electron chi connectivity index (χ2n) is 4.54. The summed E-state index contributed by atoms with van der Waals surface area (Å²) >= 11 is 0. The number of carbonyl (C=O) groups is 1. The quantitative estimate of drug-likeness (QED) is 0.362. The minimum Gasteiger partial charge on any atom is -0.516 e. The third-order valence-corrected chi connectivity index (χ3v) is 2.83. The molecular weight excluding hydrogens is 242 g/mol. The Morgan fingerprint density at radius 3 is 2.74 bits per heavy atom. The first-order valence-corrected chi connectivity index (χ1v) is 6.54. The van der Waals surface area contributed by atoms with Gasteiger partial charge in [0.05, 0.1) is 12.9 Å². The molecule has 0 fully saturated rings. The fraction of sp³-hybridized carbons (Fsp3) is 0.533. The number of hydrogen-bond donors (Lipinski definition) is 2. The lowest BCUT2D eigenvalue weighted by molar-refractivity contribution is -0.120. The van der Waals surface area contributed by atoms with Crippen LogP contribution in [0.25, 0.3) is 0 Å². The third kappa shape index (κ3) is 9.08.